The molecule has 3 fully saturated rings. The molecule has 2 saturated heterocycles. The Morgan fingerprint density at radius 2 is 1.97 bits per heavy atom. The summed E-state index contributed by atoms with van der Waals surface area (Å²) in [5, 5.41) is 7.12. The van der Waals surface area contributed by atoms with Gasteiger partial charge in [-0.1, -0.05) is 12.1 Å². The first kappa shape index (κ1) is 23.2. The first-order valence-electron chi connectivity index (χ1n) is 12.3. The Morgan fingerprint density at radius 1 is 1.16 bits per heavy atom. The molecule has 2 heterocycles. The molecule has 1 atom stereocenters. The number of hydrogen-bond acceptors (Lipinski definition) is 5. The monoisotopic (exact) mass is 444 g/mol. The number of methoxy groups -OCH3 is 1. The second-order valence-electron chi connectivity index (χ2n) is 9.35. The lowest BCUT2D eigenvalue weighted by molar-refractivity contribution is 0.150. The van der Waals surface area contributed by atoms with Crippen LogP contribution >= 0.6 is 0 Å². The van der Waals surface area contributed by atoms with E-state index in [4.69, 9.17) is 14.2 Å². The molecule has 178 valence electrons. The Morgan fingerprint density at radius 3 is 2.66 bits per heavy atom. The highest BCUT2D eigenvalue weighted by atomic mass is 16.5. The standard InChI is InChI=1S/C25H40N4O3/c1-26-25(28-21-10-13-29(14-11-21)17-19-12-15-31-18-19)27-16-20-6-5-9-23(30-2)24(20)32-22-7-3-4-8-22/h5-6,9,19,21-22H,3-4,7-8,10-18H2,1-2H3,(H2,26,27,28). The minimum atomic E-state index is 0.295. The molecule has 4 rings (SSSR count). The van der Waals surface area contributed by atoms with Crippen molar-refractivity contribution in [1.82, 2.24) is 15.5 Å². The number of hydrogen-bond donors (Lipinski definition) is 2. The van der Waals surface area contributed by atoms with Gasteiger partial charge in [0.05, 0.1) is 19.8 Å². The molecule has 0 radical (unpaired) electrons. The molecule has 1 aromatic rings. The maximum Gasteiger partial charge on any atom is 0.191 e. The topological polar surface area (TPSA) is 67.4 Å². The Balaban J connectivity index is 1.27. The fraction of sp³-hybridized carbons (Fsp3) is 0.720. The predicted molar refractivity (Wildman–Crippen MR) is 128 cm³/mol. The van der Waals surface area contributed by atoms with Gasteiger partial charge in [-0.2, -0.15) is 0 Å². The van der Waals surface area contributed by atoms with E-state index in [1.165, 1.54) is 25.8 Å². The Labute approximate surface area is 192 Å². The SMILES string of the molecule is CN=C(NCc1cccc(OC)c1OC1CCCC1)NC1CCN(CC2CCOC2)CC1. The quantitative estimate of drug-likeness (QED) is 0.474. The number of likely N-dealkylation sites (tertiary alicyclic amines) is 1. The molecule has 0 spiro atoms. The van der Waals surface area contributed by atoms with Gasteiger partial charge in [-0.3, -0.25) is 4.99 Å². The average molecular weight is 445 g/mol. The lowest BCUT2D eigenvalue weighted by Gasteiger charge is -2.34. The Bertz CT molecular complexity index is 737. The number of aliphatic imine (C=N–C) groups is 1. The zero-order valence-electron chi connectivity index (χ0n) is 19.8. The number of ether oxygens (including phenoxy) is 3. The van der Waals surface area contributed by atoms with Crippen molar-refractivity contribution in [2.75, 3.05) is 47.0 Å². The normalized spacial score (nSPS) is 23.4. The molecule has 2 N–H and O–H groups in total. The van der Waals surface area contributed by atoms with E-state index in [-0.39, 0.29) is 0 Å². The van der Waals surface area contributed by atoms with Crippen LogP contribution in [0.3, 0.4) is 0 Å². The van der Waals surface area contributed by atoms with Crippen LogP contribution in [0.2, 0.25) is 0 Å². The molecule has 3 aliphatic rings. The highest BCUT2D eigenvalue weighted by Crippen LogP contribution is 2.34. The summed E-state index contributed by atoms with van der Waals surface area (Å²) in [6.07, 6.45) is 8.54. The van der Waals surface area contributed by atoms with E-state index in [1.807, 2.05) is 19.2 Å². The first-order chi connectivity index (χ1) is 15.7. The van der Waals surface area contributed by atoms with Crippen LogP contribution in [0.1, 0.15) is 50.5 Å². The van der Waals surface area contributed by atoms with E-state index in [9.17, 15) is 0 Å². The zero-order valence-corrected chi connectivity index (χ0v) is 19.8. The van der Waals surface area contributed by atoms with Crippen LogP contribution in [-0.4, -0.2) is 70.0 Å². The Hall–Kier alpha value is -1.99. The van der Waals surface area contributed by atoms with Crippen LogP contribution in [0.5, 0.6) is 11.5 Å². The molecular weight excluding hydrogens is 404 g/mol. The highest BCUT2D eigenvalue weighted by Gasteiger charge is 2.25. The van der Waals surface area contributed by atoms with Gasteiger partial charge in [0, 0.05) is 51.4 Å². The van der Waals surface area contributed by atoms with Crippen LogP contribution in [-0.2, 0) is 11.3 Å². The molecule has 1 aliphatic carbocycles. The summed E-state index contributed by atoms with van der Waals surface area (Å²) < 4.78 is 17.5. The molecule has 7 heteroatoms. The zero-order chi connectivity index (χ0) is 22.2. The smallest absolute Gasteiger partial charge is 0.191 e. The van der Waals surface area contributed by atoms with Crippen molar-refractivity contribution in [3.05, 3.63) is 23.8 Å². The summed E-state index contributed by atoms with van der Waals surface area (Å²) in [7, 11) is 3.55. The molecule has 0 aromatic heterocycles. The minimum Gasteiger partial charge on any atom is -0.493 e. The number of piperidine rings is 1. The summed E-state index contributed by atoms with van der Waals surface area (Å²) in [6.45, 7) is 5.98. The van der Waals surface area contributed by atoms with Crippen molar-refractivity contribution in [2.24, 2.45) is 10.9 Å². The third-order valence-electron chi connectivity index (χ3n) is 7.01. The summed E-state index contributed by atoms with van der Waals surface area (Å²) in [6, 6.07) is 6.57. The number of nitrogens with zero attached hydrogens (tertiary/aromatic N) is 2. The van der Waals surface area contributed by atoms with Gasteiger partial charge in [0.25, 0.3) is 0 Å². The predicted octanol–water partition coefficient (Wildman–Crippen LogP) is 3.18. The van der Waals surface area contributed by atoms with Gasteiger partial charge >= 0.3 is 0 Å². The van der Waals surface area contributed by atoms with Crippen molar-refractivity contribution in [3.8, 4) is 11.5 Å². The number of para-hydroxylation sites is 1. The maximum atomic E-state index is 6.37. The lowest BCUT2D eigenvalue weighted by Crippen LogP contribution is -2.49. The fourth-order valence-corrected chi connectivity index (χ4v) is 5.09. The van der Waals surface area contributed by atoms with Crippen LogP contribution in [0.15, 0.2) is 23.2 Å². The number of guanidine groups is 1. The molecule has 2 aliphatic heterocycles. The number of nitrogens with one attached hydrogen (secondary N) is 2. The first-order valence-corrected chi connectivity index (χ1v) is 12.3. The summed E-state index contributed by atoms with van der Waals surface area (Å²) in [4.78, 5) is 7.06. The van der Waals surface area contributed by atoms with Gasteiger partial charge in [-0.25, -0.2) is 0 Å². The third-order valence-corrected chi connectivity index (χ3v) is 7.01. The van der Waals surface area contributed by atoms with Gasteiger partial charge in [-0.15, -0.1) is 0 Å². The number of benzene rings is 1. The number of rotatable bonds is 8. The van der Waals surface area contributed by atoms with E-state index in [2.05, 4.69) is 26.6 Å². The van der Waals surface area contributed by atoms with Gasteiger partial charge in [-0.05, 0) is 56.9 Å². The van der Waals surface area contributed by atoms with Gasteiger partial charge in [0.2, 0.25) is 0 Å². The highest BCUT2D eigenvalue weighted by molar-refractivity contribution is 5.80. The molecule has 0 amide bonds. The molecular formula is C25H40N4O3. The van der Waals surface area contributed by atoms with E-state index < -0.39 is 0 Å². The lowest BCUT2D eigenvalue weighted by atomic mass is 10.0. The van der Waals surface area contributed by atoms with Gasteiger partial charge in [0.1, 0.15) is 0 Å². The third kappa shape index (κ3) is 6.29. The van der Waals surface area contributed by atoms with Crippen molar-refractivity contribution >= 4 is 5.96 Å². The largest absolute Gasteiger partial charge is 0.493 e. The summed E-state index contributed by atoms with van der Waals surface area (Å²) in [5.41, 5.74) is 1.10. The van der Waals surface area contributed by atoms with Gasteiger partial charge in [0.15, 0.2) is 17.5 Å². The molecule has 1 unspecified atom stereocenters. The molecule has 7 nitrogen and oxygen atoms in total. The van der Waals surface area contributed by atoms with E-state index in [0.29, 0.717) is 18.7 Å². The van der Waals surface area contributed by atoms with Crippen LogP contribution < -0.4 is 20.1 Å². The molecule has 32 heavy (non-hydrogen) atoms. The maximum absolute atomic E-state index is 6.37. The average Bonchev–Trinajstić information content (AvgIpc) is 3.53. The van der Waals surface area contributed by atoms with Gasteiger partial charge < -0.3 is 29.7 Å². The second-order valence-corrected chi connectivity index (χ2v) is 9.35. The Kier molecular flexibility index (Phi) is 8.51. The van der Waals surface area contributed by atoms with Crippen LogP contribution in [0, 0.1) is 5.92 Å². The van der Waals surface area contributed by atoms with E-state index >= 15 is 0 Å². The van der Waals surface area contributed by atoms with Crippen molar-refractivity contribution in [1.29, 1.82) is 0 Å². The fourth-order valence-electron chi connectivity index (χ4n) is 5.09. The van der Waals surface area contributed by atoms with E-state index in [1.54, 1.807) is 7.11 Å². The van der Waals surface area contributed by atoms with Crippen molar-refractivity contribution < 1.29 is 14.2 Å². The second kappa shape index (κ2) is 11.8. The molecule has 1 saturated carbocycles. The minimum absolute atomic E-state index is 0.295. The van der Waals surface area contributed by atoms with Crippen LogP contribution in [0.4, 0.5) is 0 Å². The summed E-state index contributed by atoms with van der Waals surface area (Å²) >= 11 is 0. The molecule has 1 aromatic carbocycles. The van der Waals surface area contributed by atoms with Crippen molar-refractivity contribution in [3.63, 3.8) is 0 Å². The van der Waals surface area contributed by atoms with Crippen molar-refractivity contribution in [2.45, 2.75) is 63.6 Å². The molecule has 0 bridgehead atoms. The van der Waals surface area contributed by atoms with Crippen LogP contribution in [0.25, 0.3) is 0 Å². The summed E-state index contributed by atoms with van der Waals surface area (Å²) in [5.74, 6) is 3.24. The van der Waals surface area contributed by atoms with E-state index in [0.717, 1.165) is 80.9 Å².